The van der Waals surface area contributed by atoms with Gasteiger partial charge in [0.25, 0.3) is 5.69 Å². The number of hydrogen-bond donors (Lipinski definition) is 1. The van der Waals surface area contributed by atoms with Gasteiger partial charge in [-0.3, -0.25) is 24.9 Å². The molecule has 1 amide bonds. The number of halogens is 1. The summed E-state index contributed by atoms with van der Waals surface area (Å²) in [5, 5.41) is 13.7. The van der Waals surface area contributed by atoms with E-state index < -0.39 is 10.7 Å². The third kappa shape index (κ3) is 4.24. The summed E-state index contributed by atoms with van der Waals surface area (Å²) in [6.45, 7) is 0.720. The lowest BCUT2D eigenvalue weighted by Crippen LogP contribution is -2.20. The number of nitrogens with one attached hydrogen (secondary N) is 1. The lowest BCUT2D eigenvalue weighted by molar-refractivity contribution is -0.385. The van der Waals surface area contributed by atoms with Gasteiger partial charge < -0.3 is 10.1 Å². The second-order valence-corrected chi connectivity index (χ2v) is 8.69. The van der Waals surface area contributed by atoms with E-state index in [2.05, 4.69) is 15.3 Å². The summed E-state index contributed by atoms with van der Waals surface area (Å²) >= 11 is 1.40. The van der Waals surface area contributed by atoms with Crippen LogP contribution in [0.4, 0.5) is 10.1 Å². The molecule has 0 bridgehead atoms. The highest BCUT2D eigenvalue weighted by Crippen LogP contribution is 2.39. The van der Waals surface area contributed by atoms with Gasteiger partial charge in [-0.15, -0.1) is 11.3 Å². The minimum atomic E-state index is -0.820. The summed E-state index contributed by atoms with van der Waals surface area (Å²) in [4.78, 5) is 31.7. The van der Waals surface area contributed by atoms with Crippen molar-refractivity contribution in [1.29, 1.82) is 0 Å². The van der Waals surface area contributed by atoms with Crippen LogP contribution in [0.1, 0.15) is 12.0 Å². The van der Waals surface area contributed by atoms with E-state index in [1.54, 1.807) is 18.5 Å². The molecule has 0 saturated carbocycles. The maximum absolute atomic E-state index is 14.3. The summed E-state index contributed by atoms with van der Waals surface area (Å²) in [7, 11) is 0. The fraction of sp³-hybridized carbons (Fsp3) is 0.174. The van der Waals surface area contributed by atoms with Crippen molar-refractivity contribution in [1.82, 2.24) is 15.3 Å². The number of rotatable bonds is 6. The van der Waals surface area contributed by atoms with E-state index in [0.29, 0.717) is 22.4 Å². The van der Waals surface area contributed by atoms with Crippen LogP contribution in [0.25, 0.3) is 20.8 Å². The van der Waals surface area contributed by atoms with E-state index in [9.17, 15) is 19.3 Å². The molecule has 3 aromatic heterocycles. The standard InChI is InChI=1S/C23H17FN4O4S/c24-16-10-15(28(30)31)2-4-19(16)32-20-6-8-25-18-11-21(33-22(18)20)17-3-1-13(12-27-17)9-14-5-7-26-23(14)29/h1-4,6,8,10-12,14H,5,7,9H2,(H,26,29). The first-order valence-electron chi connectivity index (χ1n) is 10.2. The minimum Gasteiger partial charge on any atom is -0.453 e. The Hall–Kier alpha value is -3.92. The Balaban J connectivity index is 1.40. The number of fused-ring (bicyclic) bond motifs is 1. The van der Waals surface area contributed by atoms with E-state index in [1.807, 2.05) is 18.2 Å². The number of nitro benzene ring substituents is 1. The van der Waals surface area contributed by atoms with E-state index in [-0.39, 0.29) is 23.3 Å². The molecule has 1 saturated heterocycles. The maximum atomic E-state index is 14.3. The van der Waals surface area contributed by atoms with Crippen LogP contribution < -0.4 is 10.1 Å². The Labute approximate surface area is 191 Å². The van der Waals surface area contributed by atoms with Gasteiger partial charge in [0.15, 0.2) is 11.6 Å². The van der Waals surface area contributed by atoms with Gasteiger partial charge >= 0.3 is 0 Å². The molecular weight excluding hydrogens is 447 g/mol. The predicted molar refractivity (Wildman–Crippen MR) is 121 cm³/mol. The summed E-state index contributed by atoms with van der Waals surface area (Å²) in [5.74, 6) is -0.453. The number of carbonyl (C=O) groups excluding carboxylic acids is 1. The molecule has 33 heavy (non-hydrogen) atoms. The van der Waals surface area contributed by atoms with Crippen LogP contribution in [-0.4, -0.2) is 27.3 Å². The Morgan fingerprint density at radius 1 is 1.18 bits per heavy atom. The molecule has 1 aromatic carbocycles. The van der Waals surface area contributed by atoms with E-state index in [1.165, 1.54) is 23.5 Å². The lowest BCUT2D eigenvalue weighted by atomic mass is 9.99. The number of hydrogen-bond acceptors (Lipinski definition) is 7. The Kier molecular flexibility index (Phi) is 5.43. The summed E-state index contributed by atoms with van der Waals surface area (Å²) < 4.78 is 20.7. The predicted octanol–water partition coefficient (Wildman–Crippen LogP) is 4.88. The van der Waals surface area contributed by atoms with Gasteiger partial charge in [-0.1, -0.05) is 6.07 Å². The van der Waals surface area contributed by atoms with Gasteiger partial charge in [0, 0.05) is 37.0 Å². The molecule has 0 radical (unpaired) electrons. The van der Waals surface area contributed by atoms with Gasteiger partial charge in [0.05, 0.1) is 31.8 Å². The second kappa shape index (κ2) is 8.55. The molecule has 1 fully saturated rings. The quantitative estimate of drug-likeness (QED) is 0.322. The molecule has 4 heterocycles. The summed E-state index contributed by atoms with van der Waals surface area (Å²) in [6, 6.07) is 10.6. The van der Waals surface area contributed by atoms with Crippen molar-refractivity contribution in [2.75, 3.05) is 6.54 Å². The SMILES string of the molecule is O=C1NCCC1Cc1ccc(-c2cc3nccc(Oc4ccc([N+](=O)[O-])cc4F)c3s2)nc1. The van der Waals surface area contributed by atoms with Crippen LogP contribution in [0.2, 0.25) is 0 Å². The Morgan fingerprint density at radius 3 is 2.76 bits per heavy atom. The average Bonchev–Trinajstić information content (AvgIpc) is 3.42. The summed E-state index contributed by atoms with van der Waals surface area (Å²) in [6.07, 6.45) is 4.83. The van der Waals surface area contributed by atoms with Crippen molar-refractivity contribution in [2.45, 2.75) is 12.8 Å². The maximum Gasteiger partial charge on any atom is 0.272 e. The van der Waals surface area contributed by atoms with E-state index >= 15 is 0 Å². The normalized spacial score (nSPS) is 15.5. The number of nitro groups is 1. The van der Waals surface area contributed by atoms with Crippen LogP contribution in [0, 0.1) is 21.8 Å². The molecule has 166 valence electrons. The number of benzene rings is 1. The molecule has 8 nitrogen and oxygen atoms in total. The van der Waals surface area contributed by atoms with Gasteiger partial charge in [0.1, 0.15) is 5.75 Å². The fourth-order valence-electron chi connectivity index (χ4n) is 3.74. The van der Waals surface area contributed by atoms with Crippen LogP contribution in [0.3, 0.4) is 0 Å². The third-order valence-corrected chi connectivity index (χ3v) is 6.61. The van der Waals surface area contributed by atoms with Crippen molar-refractivity contribution in [3.05, 3.63) is 76.4 Å². The number of nitrogens with zero attached hydrogens (tertiary/aromatic N) is 3. The highest BCUT2D eigenvalue weighted by Gasteiger charge is 2.24. The van der Waals surface area contributed by atoms with Crippen LogP contribution in [-0.2, 0) is 11.2 Å². The van der Waals surface area contributed by atoms with E-state index in [0.717, 1.165) is 35.2 Å². The molecule has 10 heteroatoms. The van der Waals surface area contributed by atoms with Crippen molar-refractivity contribution >= 4 is 33.1 Å². The highest BCUT2D eigenvalue weighted by molar-refractivity contribution is 7.22. The van der Waals surface area contributed by atoms with Crippen LogP contribution in [0.15, 0.2) is 54.9 Å². The number of ether oxygens (including phenoxy) is 1. The van der Waals surface area contributed by atoms with Gasteiger partial charge in [-0.05, 0) is 36.6 Å². The molecule has 0 aliphatic carbocycles. The van der Waals surface area contributed by atoms with Gasteiger partial charge in [0.2, 0.25) is 5.91 Å². The molecule has 1 atom stereocenters. The highest BCUT2D eigenvalue weighted by atomic mass is 32.1. The minimum absolute atomic E-state index is 0.00861. The van der Waals surface area contributed by atoms with Crippen LogP contribution in [0.5, 0.6) is 11.5 Å². The monoisotopic (exact) mass is 464 g/mol. The Bertz CT molecular complexity index is 1370. The number of pyridine rings is 2. The molecule has 1 N–H and O–H groups in total. The fourth-order valence-corrected chi connectivity index (χ4v) is 4.78. The second-order valence-electron chi connectivity index (χ2n) is 7.64. The largest absolute Gasteiger partial charge is 0.453 e. The molecule has 0 spiro atoms. The molecule has 1 aliphatic rings. The topological polar surface area (TPSA) is 107 Å². The molecule has 1 unspecified atom stereocenters. The first kappa shape index (κ1) is 21.0. The number of non-ortho nitro benzene ring substituents is 1. The third-order valence-electron chi connectivity index (χ3n) is 5.44. The van der Waals surface area contributed by atoms with Crippen molar-refractivity contribution < 1.29 is 18.8 Å². The van der Waals surface area contributed by atoms with Crippen molar-refractivity contribution in [3.63, 3.8) is 0 Å². The van der Waals surface area contributed by atoms with Crippen LogP contribution >= 0.6 is 11.3 Å². The van der Waals surface area contributed by atoms with E-state index in [4.69, 9.17) is 4.74 Å². The first-order valence-corrected chi connectivity index (χ1v) is 11.0. The zero-order chi connectivity index (χ0) is 22.9. The van der Waals surface area contributed by atoms with Gasteiger partial charge in [-0.25, -0.2) is 4.39 Å². The first-order chi connectivity index (χ1) is 16.0. The molecule has 4 aromatic rings. The number of amides is 1. The van der Waals surface area contributed by atoms with Crippen molar-refractivity contribution in [2.24, 2.45) is 5.92 Å². The number of carbonyl (C=O) groups is 1. The van der Waals surface area contributed by atoms with Crippen molar-refractivity contribution in [3.8, 4) is 22.1 Å². The van der Waals surface area contributed by atoms with Gasteiger partial charge in [-0.2, -0.15) is 0 Å². The smallest absolute Gasteiger partial charge is 0.272 e. The Morgan fingerprint density at radius 2 is 2.06 bits per heavy atom. The summed E-state index contributed by atoms with van der Waals surface area (Å²) in [5.41, 5.74) is 2.08. The zero-order valence-corrected chi connectivity index (χ0v) is 18.0. The molecule has 5 rings (SSSR count). The number of aromatic nitrogens is 2. The molecular formula is C23H17FN4O4S. The average molecular weight is 464 g/mol. The zero-order valence-electron chi connectivity index (χ0n) is 17.2. The lowest BCUT2D eigenvalue weighted by Gasteiger charge is -2.07. The number of thiophene rings is 1. The molecule has 1 aliphatic heterocycles.